The molecule has 0 radical (unpaired) electrons. The van der Waals surface area contributed by atoms with Crippen LogP contribution in [0.5, 0.6) is 0 Å². The van der Waals surface area contributed by atoms with Crippen LogP contribution in [-0.4, -0.2) is 15.2 Å². The Morgan fingerprint density at radius 2 is 1.52 bits per heavy atom. The zero-order chi connectivity index (χ0) is 14.5. The minimum absolute atomic E-state index is 0.284. The number of nitrogens with zero attached hydrogens (tertiary/aromatic N) is 3. The predicted molar refractivity (Wildman–Crippen MR) is 79.2 cm³/mol. The van der Waals surface area contributed by atoms with Crippen LogP contribution in [0, 0.1) is 5.82 Å². The molecule has 0 unspecified atom stereocenters. The molecule has 3 rings (SSSR count). The zero-order valence-corrected chi connectivity index (χ0v) is 11.0. The van der Waals surface area contributed by atoms with Crippen molar-refractivity contribution < 1.29 is 4.39 Å². The van der Waals surface area contributed by atoms with E-state index in [1.807, 2.05) is 30.3 Å². The summed E-state index contributed by atoms with van der Waals surface area (Å²) in [6.45, 7) is 0. The maximum atomic E-state index is 12.9. The van der Waals surface area contributed by atoms with Crippen LogP contribution >= 0.6 is 0 Å². The van der Waals surface area contributed by atoms with E-state index in [-0.39, 0.29) is 5.82 Å². The number of rotatable bonds is 4. The second-order valence-corrected chi connectivity index (χ2v) is 4.29. The van der Waals surface area contributed by atoms with Gasteiger partial charge in [0.05, 0.1) is 6.20 Å². The summed E-state index contributed by atoms with van der Waals surface area (Å²) < 4.78 is 12.9. The Morgan fingerprint density at radius 1 is 0.810 bits per heavy atom. The molecular formula is C15H12FN5. The van der Waals surface area contributed by atoms with Crippen molar-refractivity contribution in [3.8, 4) is 0 Å². The molecule has 5 nitrogen and oxygen atoms in total. The minimum Gasteiger partial charge on any atom is -0.339 e. The number of benzene rings is 2. The van der Waals surface area contributed by atoms with Crippen molar-refractivity contribution in [2.75, 3.05) is 10.6 Å². The molecule has 0 amide bonds. The molecular weight excluding hydrogens is 269 g/mol. The largest absolute Gasteiger partial charge is 0.339 e. The summed E-state index contributed by atoms with van der Waals surface area (Å²) in [6.07, 6.45) is 1.50. The van der Waals surface area contributed by atoms with Gasteiger partial charge in [-0.3, -0.25) is 0 Å². The highest BCUT2D eigenvalue weighted by Crippen LogP contribution is 2.16. The lowest BCUT2D eigenvalue weighted by molar-refractivity contribution is 0.628. The molecule has 0 bridgehead atoms. The number of aromatic nitrogens is 3. The molecule has 21 heavy (non-hydrogen) atoms. The van der Waals surface area contributed by atoms with E-state index in [2.05, 4.69) is 25.8 Å². The fraction of sp³-hybridized carbons (Fsp3) is 0. The normalized spacial score (nSPS) is 10.1. The first-order valence-corrected chi connectivity index (χ1v) is 6.34. The van der Waals surface area contributed by atoms with Crippen molar-refractivity contribution in [1.29, 1.82) is 0 Å². The molecule has 0 spiro atoms. The van der Waals surface area contributed by atoms with Crippen LogP contribution in [-0.2, 0) is 0 Å². The van der Waals surface area contributed by atoms with Gasteiger partial charge in [0.15, 0.2) is 5.82 Å². The molecule has 0 saturated heterocycles. The number of anilines is 4. The van der Waals surface area contributed by atoms with Crippen molar-refractivity contribution in [2.45, 2.75) is 0 Å². The van der Waals surface area contributed by atoms with Gasteiger partial charge in [0.1, 0.15) is 5.82 Å². The molecule has 3 aromatic rings. The summed E-state index contributed by atoms with van der Waals surface area (Å²) in [5.74, 6) is 0.621. The quantitative estimate of drug-likeness (QED) is 0.766. The monoisotopic (exact) mass is 281 g/mol. The topological polar surface area (TPSA) is 62.7 Å². The summed E-state index contributed by atoms with van der Waals surface area (Å²) >= 11 is 0. The van der Waals surface area contributed by atoms with Crippen LogP contribution < -0.4 is 10.6 Å². The SMILES string of the molecule is Fc1ccc(Nc2cnnc(Nc3ccccc3)n2)cc1. The minimum atomic E-state index is -0.284. The lowest BCUT2D eigenvalue weighted by Gasteiger charge is -2.07. The second kappa shape index (κ2) is 5.96. The standard InChI is InChI=1S/C15H12FN5/c16-11-6-8-13(9-7-11)18-14-10-17-21-15(20-14)19-12-4-2-1-3-5-12/h1-10H,(H2,18,19,20,21). The highest BCUT2D eigenvalue weighted by atomic mass is 19.1. The Balaban J connectivity index is 1.75. The first kappa shape index (κ1) is 13.0. The maximum Gasteiger partial charge on any atom is 0.249 e. The zero-order valence-electron chi connectivity index (χ0n) is 11.0. The number of hydrogen-bond donors (Lipinski definition) is 2. The lowest BCUT2D eigenvalue weighted by atomic mass is 10.3. The Kier molecular flexibility index (Phi) is 3.68. The van der Waals surface area contributed by atoms with Gasteiger partial charge < -0.3 is 10.6 Å². The van der Waals surface area contributed by atoms with E-state index in [0.29, 0.717) is 11.8 Å². The van der Waals surface area contributed by atoms with E-state index in [0.717, 1.165) is 11.4 Å². The smallest absolute Gasteiger partial charge is 0.249 e. The van der Waals surface area contributed by atoms with Gasteiger partial charge in [-0.2, -0.15) is 10.1 Å². The Labute approximate surface area is 120 Å². The molecule has 0 saturated carbocycles. The van der Waals surface area contributed by atoms with Gasteiger partial charge in [-0.05, 0) is 36.4 Å². The molecule has 0 atom stereocenters. The van der Waals surface area contributed by atoms with Crippen molar-refractivity contribution in [1.82, 2.24) is 15.2 Å². The maximum absolute atomic E-state index is 12.9. The van der Waals surface area contributed by atoms with Gasteiger partial charge in [-0.1, -0.05) is 18.2 Å². The molecule has 0 aliphatic carbocycles. The van der Waals surface area contributed by atoms with Crippen LogP contribution in [0.2, 0.25) is 0 Å². The summed E-state index contributed by atoms with van der Waals surface area (Å²) in [6, 6.07) is 15.6. The Hall–Kier alpha value is -3.02. The van der Waals surface area contributed by atoms with Crippen LogP contribution in [0.25, 0.3) is 0 Å². The van der Waals surface area contributed by atoms with Gasteiger partial charge in [-0.15, -0.1) is 5.10 Å². The number of nitrogens with one attached hydrogen (secondary N) is 2. The Bertz CT molecular complexity index is 716. The van der Waals surface area contributed by atoms with E-state index >= 15 is 0 Å². The highest BCUT2D eigenvalue weighted by molar-refractivity contribution is 5.58. The highest BCUT2D eigenvalue weighted by Gasteiger charge is 2.02. The Morgan fingerprint density at radius 3 is 2.29 bits per heavy atom. The molecule has 1 aromatic heterocycles. The fourth-order valence-electron chi connectivity index (χ4n) is 1.75. The summed E-state index contributed by atoms with van der Waals surface area (Å²) in [5.41, 5.74) is 1.60. The third-order valence-electron chi connectivity index (χ3n) is 2.71. The van der Waals surface area contributed by atoms with Crippen LogP contribution in [0.1, 0.15) is 0 Å². The van der Waals surface area contributed by atoms with Crippen molar-refractivity contribution >= 4 is 23.1 Å². The van der Waals surface area contributed by atoms with Crippen LogP contribution in [0.4, 0.5) is 27.5 Å². The van der Waals surface area contributed by atoms with E-state index in [4.69, 9.17) is 0 Å². The van der Waals surface area contributed by atoms with E-state index in [9.17, 15) is 4.39 Å². The number of halogens is 1. The molecule has 2 aromatic carbocycles. The molecule has 1 heterocycles. The summed E-state index contributed by atoms with van der Waals surface area (Å²) in [5, 5.41) is 13.9. The molecule has 6 heteroatoms. The second-order valence-electron chi connectivity index (χ2n) is 4.29. The van der Waals surface area contributed by atoms with Crippen molar-refractivity contribution in [3.63, 3.8) is 0 Å². The van der Waals surface area contributed by atoms with E-state index in [1.54, 1.807) is 12.1 Å². The van der Waals surface area contributed by atoms with Crippen LogP contribution in [0.15, 0.2) is 60.8 Å². The van der Waals surface area contributed by atoms with Gasteiger partial charge in [0, 0.05) is 11.4 Å². The van der Waals surface area contributed by atoms with Gasteiger partial charge in [-0.25, -0.2) is 4.39 Å². The van der Waals surface area contributed by atoms with Gasteiger partial charge in [0.25, 0.3) is 0 Å². The first-order chi connectivity index (χ1) is 10.3. The molecule has 0 aliphatic heterocycles. The predicted octanol–water partition coefficient (Wildman–Crippen LogP) is 3.50. The molecule has 2 N–H and O–H groups in total. The van der Waals surface area contributed by atoms with E-state index in [1.165, 1.54) is 18.3 Å². The van der Waals surface area contributed by atoms with Crippen molar-refractivity contribution in [2.24, 2.45) is 0 Å². The average molecular weight is 281 g/mol. The van der Waals surface area contributed by atoms with Gasteiger partial charge >= 0.3 is 0 Å². The van der Waals surface area contributed by atoms with E-state index < -0.39 is 0 Å². The van der Waals surface area contributed by atoms with Crippen LogP contribution in [0.3, 0.4) is 0 Å². The average Bonchev–Trinajstić information content (AvgIpc) is 2.51. The first-order valence-electron chi connectivity index (χ1n) is 6.34. The number of para-hydroxylation sites is 1. The number of hydrogen-bond acceptors (Lipinski definition) is 5. The third-order valence-corrected chi connectivity index (χ3v) is 2.71. The van der Waals surface area contributed by atoms with Crippen molar-refractivity contribution in [3.05, 3.63) is 66.6 Å². The molecule has 104 valence electrons. The summed E-state index contributed by atoms with van der Waals surface area (Å²) in [7, 11) is 0. The molecule has 0 fully saturated rings. The lowest BCUT2D eigenvalue weighted by Crippen LogP contribution is -2.02. The third kappa shape index (κ3) is 3.50. The summed E-state index contributed by atoms with van der Waals surface area (Å²) in [4.78, 5) is 4.30. The van der Waals surface area contributed by atoms with Gasteiger partial charge in [0.2, 0.25) is 5.95 Å². The fourth-order valence-corrected chi connectivity index (χ4v) is 1.75. The molecule has 0 aliphatic rings.